The van der Waals surface area contributed by atoms with Crippen molar-refractivity contribution in [1.29, 1.82) is 0 Å². The Kier molecular flexibility index (Phi) is 3.13. The van der Waals surface area contributed by atoms with Crippen molar-refractivity contribution in [2.45, 2.75) is 45.6 Å². The largest absolute Gasteiger partial charge is 0.378 e. The third-order valence-corrected chi connectivity index (χ3v) is 4.09. The van der Waals surface area contributed by atoms with Crippen LogP contribution in [0.2, 0.25) is 0 Å². The fourth-order valence-corrected chi connectivity index (χ4v) is 3.01. The van der Waals surface area contributed by atoms with Crippen LogP contribution in [0.1, 0.15) is 39.5 Å². The van der Waals surface area contributed by atoms with Crippen LogP contribution < -0.4 is 0 Å². The zero-order valence-electron chi connectivity index (χ0n) is 9.59. The van der Waals surface area contributed by atoms with Gasteiger partial charge in [0.1, 0.15) is 0 Å². The summed E-state index contributed by atoms with van der Waals surface area (Å²) in [7, 11) is 0. The summed E-state index contributed by atoms with van der Waals surface area (Å²) in [5.74, 6) is 0. The van der Waals surface area contributed by atoms with Crippen molar-refractivity contribution in [3.8, 4) is 0 Å². The number of rotatable bonds is 3. The third kappa shape index (κ3) is 1.96. The lowest BCUT2D eigenvalue weighted by molar-refractivity contribution is -0.101. The van der Waals surface area contributed by atoms with E-state index in [-0.39, 0.29) is 0 Å². The minimum atomic E-state index is 0.591. The SMILES string of the molecule is CCOC1CC2(CCN(CC)CC2)C1. The molecule has 1 saturated carbocycles. The molecular weight excluding hydrogens is 174 g/mol. The molecule has 0 amide bonds. The maximum Gasteiger partial charge on any atom is 0.0585 e. The Bertz CT molecular complexity index is 169. The second kappa shape index (κ2) is 4.19. The molecule has 2 fully saturated rings. The average Bonchev–Trinajstić information content (AvgIpc) is 2.17. The Morgan fingerprint density at radius 3 is 2.36 bits per heavy atom. The molecule has 2 rings (SSSR count). The lowest BCUT2D eigenvalue weighted by atomic mass is 9.61. The van der Waals surface area contributed by atoms with Crippen molar-refractivity contribution in [3.05, 3.63) is 0 Å². The van der Waals surface area contributed by atoms with E-state index in [0.29, 0.717) is 11.5 Å². The minimum absolute atomic E-state index is 0.591. The first-order chi connectivity index (χ1) is 6.78. The van der Waals surface area contributed by atoms with E-state index < -0.39 is 0 Å². The van der Waals surface area contributed by atoms with E-state index in [2.05, 4.69) is 18.7 Å². The summed E-state index contributed by atoms with van der Waals surface area (Å²) < 4.78 is 5.64. The molecule has 0 N–H and O–H groups in total. The molecule has 1 aliphatic carbocycles. The van der Waals surface area contributed by atoms with E-state index in [1.807, 2.05) is 0 Å². The van der Waals surface area contributed by atoms with Crippen molar-refractivity contribution in [2.24, 2.45) is 5.41 Å². The summed E-state index contributed by atoms with van der Waals surface area (Å²) in [4.78, 5) is 2.57. The van der Waals surface area contributed by atoms with E-state index in [0.717, 1.165) is 6.61 Å². The van der Waals surface area contributed by atoms with E-state index in [1.54, 1.807) is 0 Å². The number of nitrogens with zero attached hydrogens (tertiary/aromatic N) is 1. The maximum absolute atomic E-state index is 5.64. The van der Waals surface area contributed by atoms with Gasteiger partial charge in [-0.15, -0.1) is 0 Å². The van der Waals surface area contributed by atoms with Crippen LogP contribution in [0.15, 0.2) is 0 Å². The first kappa shape index (κ1) is 10.4. The molecule has 0 aromatic heterocycles. The molecule has 0 bridgehead atoms. The van der Waals surface area contributed by atoms with Crippen LogP contribution in [0.4, 0.5) is 0 Å². The molecule has 2 nitrogen and oxygen atoms in total. The van der Waals surface area contributed by atoms with Gasteiger partial charge >= 0.3 is 0 Å². The Morgan fingerprint density at radius 2 is 1.86 bits per heavy atom. The van der Waals surface area contributed by atoms with Gasteiger partial charge < -0.3 is 9.64 Å². The van der Waals surface area contributed by atoms with Crippen molar-refractivity contribution >= 4 is 0 Å². The molecule has 14 heavy (non-hydrogen) atoms. The van der Waals surface area contributed by atoms with Gasteiger partial charge in [-0.25, -0.2) is 0 Å². The van der Waals surface area contributed by atoms with Crippen molar-refractivity contribution in [2.75, 3.05) is 26.2 Å². The number of piperidine rings is 1. The first-order valence-corrected chi connectivity index (χ1v) is 6.12. The van der Waals surface area contributed by atoms with E-state index in [9.17, 15) is 0 Å². The number of likely N-dealkylation sites (tertiary alicyclic amines) is 1. The van der Waals surface area contributed by atoms with Gasteiger partial charge in [0.05, 0.1) is 6.10 Å². The summed E-state index contributed by atoms with van der Waals surface area (Å²) in [6.07, 6.45) is 6.07. The summed E-state index contributed by atoms with van der Waals surface area (Å²) in [6.45, 7) is 9.12. The quantitative estimate of drug-likeness (QED) is 0.688. The number of hydrogen-bond acceptors (Lipinski definition) is 2. The van der Waals surface area contributed by atoms with Gasteiger partial charge in [0.2, 0.25) is 0 Å². The maximum atomic E-state index is 5.64. The predicted molar refractivity (Wildman–Crippen MR) is 58.4 cm³/mol. The standard InChI is InChI=1S/C12H23NO/c1-3-13-7-5-12(6-8-13)9-11(10-12)14-4-2/h11H,3-10H2,1-2H3. The minimum Gasteiger partial charge on any atom is -0.378 e. The van der Waals surface area contributed by atoms with E-state index in [1.165, 1.54) is 45.3 Å². The van der Waals surface area contributed by atoms with Crippen LogP contribution in [0, 0.1) is 5.41 Å². The molecule has 0 aromatic rings. The Morgan fingerprint density at radius 1 is 1.21 bits per heavy atom. The lowest BCUT2D eigenvalue weighted by Gasteiger charge is -2.51. The van der Waals surface area contributed by atoms with Crippen LogP contribution in [0.5, 0.6) is 0 Å². The summed E-state index contributed by atoms with van der Waals surface area (Å²) in [5, 5.41) is 0. The molecule has 1 aliphatic heterocycles. The summed E-state index contributed by atoms with van der Waals surface area (Å²) in [5.41, 5.74) is 0.686. The van der Waals surface area contributed by atoms with Crippen LogP contribution >= 0.6 is 0 Å². The van der Waals surface area contributed by atoms with Gasteiger partial charge in [-0.1, -0.05) is 6.92 Å². The number of ether oxygens (including phenoxy) is 1. The highest BCUT2D eigenvalue weighted by molar-refractivity contribution is 4.97. The third-order valence-electron chi connectivity index (χ3n) is 4.09. The van der Waals surface area contributed by atoms with E-state index in [4.69, 9.17) is 4.74 Å². The predicted octanol–water partition coefficient (Wildman–Crippen LogP) is 2.29. The molecule has 1 heterocycles. The monoisotopic (exact) mass is 197 g/mol. The van der Waals surface area contributed by atoms with Crippen molar-refractivity contribution < 1.29 is 4.74 Å². The van der Waals surface area contributed by atoms with Gasteiger partial charge in [0, 0.05) is 6.61 Å². The topological polar surface area (TPSA) is 12.5 Å². The zero-order valence-corrected chi connectivity index (χ0v) is 9.59. The molecule has 1 saturated heterocycles. The van der Waals surface area contributed by atoms with Gasteiger partial charge in [0.25, 0.3) is 0 Å². The smallest absolute Gasteiger partial charge is 0.0585 e. The molecular formula is C12H23NO. The van der Waals surface area contributed by atoms with Gasteiger partial charge in [0.15, 0.2) is 0 Å². The molecule has 2 aliphatic rings. The lowest BCUT2D eigenvalue weighted by Crippen LogP contribution is -2.49. The van der Waals surface area contributed by atoms with Crippen LogP contribution in [0.3, 0.4) is 0 Å². The normalized spacial score (nSPS) is 27.9. The van der Waals surface area contributed by atoms with Crippen LogP contribution in [-0.4, -0.2) is 37.2 Å². The molecule has 0 atom stereocenters. The second-order valence-corrected chi connectivity index (χ2v) is 4.92. The Hall–Kier alpha value is -0.0800. The molecule has 1 spiro atoms. The highest BCUT2D eigenvalue weighted by Crippen LogP contribution is 2.50. The second-order valence-electron chi connectivity index (χ2n) is 4.92. The molecule has 0 radical (unpaired) electrons. The Labute approximate surface area is 87.6 Å². The van der Waals surface area contributed by atoms with Crippen LogP contribution in [-0.2, 0) is 4.74 Å². The van der Waals surface area contributed by atoms with Crippen LogP contribution in [0.25, 0.3) is 0 Å². The highest BCUT2D eigenvalue weighted by Gasteiger charge is 2.45. The Balaban J connectivity index is 1.74. The zero-order chi connectivity index (χ0) is 10.0. The number of hydrogen-bond donors (Lipinski definition) is 0. The fourth-order valence-electron chi connectivity index (χ4n) is 3.01. The van der Waals surface area contributed by atoms with Gasteiger partial charge in [-0.05, 0) is 57.7 Å². The summed E-state index contributed by atoms with van der Waals surface area (Å²) in [6, 6.07) is 0. The molecule has 0 unspecified atom stereocenters. The van der Waals surface area contributed by atoms with Crippen molar-refractivity contribution in [3.63, 3.8) is 0 Å². The van der Waals surface area contributed by atoms with Crippen molar-refractivity contribution in [1.82, 2.24) is 4.90 Å². The molecule has 2 heteroatoms. The molecule has 82 valence electrons. The average molecular weight is 197 g/mol. The first-order valence-electron chi connectivity index (χ1n) is 6.12. The van der Waals surface area contributed by atoms with Gasteiger partial charge in [-0.3, -0.25) is 0 Å². The molecule has 0 aromatic carbocycles. The fraction of sp³-hybridized carbons (Fsp3) is 1.00. The van der Waals surface area contributed by atoms with E-state index >= 15 is 0 Å². The highest BCUT2D eigenvalue weighted by atomic mass is 16.5. The van der Waals surface area contributed by atoms with Gasteiger partial charge in [-0.2, -0.15) is 0 Å². The summed E-state index contributed by atoms with van der Waals surface area (Å²) >= 11 is 0.